The van der Waals surface area contributed by atoms with E-state index in [1.807, 2.05) is 0 Å². The molecular weight excluding hydrogens is 305 g/mol. The first-order valence-electron chi connectivity index (χ1n) is 5.88. The van der Waals surface area contributed by atoms with Gasteiger partial charge in [0, 0.05) is 24.3 Å². The molecule has 3 rings (SSSR count). The van der Waals surface area contributed by atoms with Crippen molar-refractivity contribution >= 4 is 22.4 Å². The van der Waals surface area contributed by atoms with Crippen LogP contribution < -0.4 is 0 Å². The number of ether oxygens (including phenoxy) is 1. The Kier molecular flexibility index (Phi) is 3.42. The van der Waals surface area contributed by atoms with Crippen molar-refractivity contribution in [1.29, 1.82) is 0 Å². The minimum Gasteiger partial charge on any atom is -0.443 e. The molecule has 1 unspecified atom stereocenters. The molecule has 0 aliphatic carbocycles. The van der Waals surface area contributed by atoms with E-state index in [0.29, 0.717) is 10.6 Å². The number of hydrogen-bond donors (Lipinski definition) is 0. The maximum Gasteiger partial charge on any atom is 0.418 e. The molecule has 110 valence electrons. The zero-order chi connectivity index (χ0) is 15.0. The summed E-state index contributed by atoms with van der Waals surface area (Å²) in [5.41, 5.74) is 0.938. The molecule has 0 aliphatic heterocycles. The van der Waals surface area contributed by atoms with Crippen molar-refractivity contribution < 1.29 is 22.3 Å². The molecule has 0 saturated heterocycles. The molecular formula is C13H9F3N2O2S. The number of aromatic nitrogens is 2. The fourth-order valence-corrected chi connectivity index (χ4v) is 2.80. The number of nitrogens with zero attached hydrogens (tertiary/aromatic N) is 2. The van der Waals surface area contributed by atoms with Crippen LogP contribution in [0.5, 0.6) is 0 Å². The third-order valence-corrected chi connectivity index (χ3v) is 3.80. The highest BCUT2D eigenvalue weighted by Gasteiger charge is 2.42. The Morgan fingerprint density at radius 1 is 1.29 bits per heavy atom. The van der Waals surface area contributed by atoms with Crippen LogP contribution in [0.3, 0.4) is 0 Å². The lowest BCUT2D eigenvalue weighted by molar-refractivity contribution is -0.215. The molecule has 0 spiro atoms. The van der Waals surface area contributed by atoms with Crippen molar-refractivity contribution in [2.75, 3.05) is 7.11 Å². The molecule has 0 bridgehead atoms. The van der Waals surface area contributed by atoms with Crippen LogP contribution in [0.25, 0.3) is 21.7 Å². The molecule has 3 aromatic rings. The zero-order valence-electron chi connectivity index (χ0n) is 10.7. The molecule has 4 nitrogen and oxygen atoms in total. The van der Waals surface area contributed by atoms with Crippen LogP contribution in [0.2, 0.25) is 0 Å². The number of methoxy groups -OCH3 is 1. The highest BCUT2D eigenvalue weighted by atomic mass is 32.1. The Morgan fingerprint density at radius 2 is 2.10 bits per heavy atom. The summed E-state index contributed by atoms with van der Waals surface area (Å²) < 4.78 is 48.9. The molecule has 1 atom stereocenters. The normalized spacial score (nSPS) is 13.7. The minimum absolute atomic E-state index is 0.0749. The SMILES string of the molecule is COC(c1ccc(-c2nccs2)c2ocnc12)C(F)(F)F. The van der Waals surface area contributed by atoms with Crippen molar-refractivity contribution in [1.82, 2.24) is 9.97 Å². The van der Waals surface area contributed by atoms with Crippen LogP contribution in [0.1, 0.15) is 11.7 Å². The molecule has 2 heterocycles. The Balaban J connectivity index is 2.20. The van der Waals surface area contributed by atoms with Gasteiger partial charge in [-0.1, -0.05) is 6.07 Å². The van der Waals surface area contributed by atoms with Gasteiger partial charge in [0.15, 0.2) is 18.1 Å². The minimum atomic E-state index is -4.52. The number of thiazole rings is 1. The van der Waals surface area contributed by atoms with E-state index in [0.717, 1.165) is 13.5 Å². The van der Waals surface area contributed by atoms with Gasteiger partial charge in [-0.2, -0.15) is 13.2 Å². The highest BCUT2D eigenvalue weighted by Crippen LogP contribution is 2.40. The fourth-order valence-electron chi connectivity index (χ4n) is 2.14. The predicted molar refractivity (Wildman–Crippen MR) is 70.9 cm³/mol. The molecule has 0 N–H and O–H groups in total. The largest absolute Gasteiger partial charge is 0.443 e. The molecule has 0 fully saturated rings. The predicted octanol–water partition coefficient (Wildman–Crippen LogP) is 4.20. The highest BCUT2D eigenvalue weighted by molar-refractivity contribution is 7.13. The molecule has 0 saturated carbocycles. The molecule has 0 radical (unpaired) electrons. The number of halogens is 3. The Hall–Kier alpha value is -1.93. The second-order valence-electron chi connectivity index (χ2n) is 4.23. The summed E-state index contributed by atoms with van der Waals surface area (Å²) in [6.07, 6.45) is -3.84. The topological polar surface area (TPSA) is 48.2 Å². The number of hydrogen-bond acceptors (Lipinski definition) is 5. The number of rotatable bonds is 3. The molecule has 21 heavy (non-hydrogen) atoms. The smallest absolute Gasteiger partial charge is 0.418 e. The fraction of sp³-hybridized carbons (Fsp3) is 0.231. The second-order valence-corrected chi connectivity index (χ2v) is 5.12. The number of alkyl halides is 3. The standard InChI is InChI=1S/C13H9F3N2O2S/c1-19-11(13(14,15)16)7-2-3-8(12-17-4-5-21-12)10-9(7)18-6-20-10/h2-6,11H,1H3. The van der Waals surface area contributed by atoms with Gasteiger partial charge in [0.2, 0.25) is 0 Å². The van der Waals surface area contributed by atoms with Gasteiger partial charge in [0.05, 0.1) is 5.56 Å². The number of benzene rings is 1. The monoisotopic (exact) mass is 314 g/mol. The third-order valence-electron chi connectivity index (χ3n) is 2.99. The first kappa shape index (κ1) is 14.0. The van der Waals surface area contributed by atoms with Crippen LogP contribution in [0, 0.1) is 0 Å². The van der Waals surface area contributed by atoms with Crippen LogP contribution in [0.15, 0.2) is 34.5 Å². The summed E-state index contributed by atoms with van der Waals surface area (Å²) in [4.78, 5) is 8.04. The van der Waals surface area contributed by atoms with Crippen LogP contribution in [-0.2, 0) is 4.74 Å². The van der Waals surface area contributed by atoms with Gasteiger partial charge in [-0.25, -0.2) is 9.97 Å². The van der Waals surface area contributed by atoms with Gasteiger partial charge in [-0.05, 0) is 6.07 Å². The van der Waals surface area contributed by atoms with Crippen molar-refractivity contribution in [3.05, 3.63) is 35.7 Å². The average Bonchev–Trinajstić information content (AvgIpc) is 3.09. The summed E-state index contributed by atoms with van der Waals surface area (Å²) in [5, 5.41) is 2.43. The van der Waals surface area contributed by atoms with E-state index in [-0.39, 0.29) is 16.7 Å². The van der Waals surface area contributed by atoms with Gasteiger partial charge in [-0.3, -0.25) is 0 Å². The Labute approximate surface area is 121 Å². The van der Waals surface area contributed by atoms with E-state index >= 15 is 0 Å². The van der Waals surface area contributed by atoms with E-state index in [4.69, 9.17) is 4.42 Å². The molecule has 0 amide bonds. The van der Waals surface area contributed by atoms with Crippen LogP contribution in [-0.4, -0.2) is 23.3 Å². The lowest BCUT2D eigenvalue weighted by Gasteiger charge is -2.19. The lowest BCUT2D eigenvalue weighted by atomic mass is 10.0. The van der Waals surface area contributed by atoms with E-state index in [1.54, 1.807) is 17.6 Å². The van der Waals surface area contributed by atoms with E-state index in [2.05, 4.69) is 14.7 Å². The molecule has 0 aliphatic rings. The maximum atomic E-state index is 13.0. The van der Waals surface area contributed by atoms with Gasteiger partial charge in [-0.15, -0.1) is 11.3 Å². The molecule has 8 heteroatoms. The van der Waals surface area contributed by atoms with Crippen molar-refractivity contribution in [2.45, 2.75) is 12.3 Å². The average molecular weight is 314 g/mol. The van der Waals surface area contributed by atoms with E-state index in [9.17, 15) is 13.2 Å². The zero-order valence-corrected chi connectivity index (χ0v) is 11.5. The third kappa shape index (κ3) is 2.40. The summed E-state index contributed by atoms with van der Waals surface area (Å²) in [7, 11) is 1.01. The Morgan fingerprint density at radius 3 is 2.71 bits per heavy atom. The summed E-state index contributed by atoms with van der Waals surface area (Å²) in [6, 6.07) is 2.89. The molecule has 2 aromatic heterocycles. The number of fused-ring (bicyclic) bond motifs is 1. The second kappa shape index (κ2) is 5.12. The lowest BCUT2D eigenvalue weighted by Crippen LogP contribution is -2.22. The summed E-state index contributed by atoms with van der Waals surface area (Å²) >= 11 is 1.37. The van der Waals surface area contributed by atoms with Gasteiger partial charge < -0.3 is 9.15 Å². The van der Waals surface area contributed by atoms with Gasteiger partial charge >= 0.3 is 6.18 Å². The molecule has 1 aromatic carbocycles. The first-order valence-corrected chi connectivity index (χ1v) is 6.76. The first-order chi connectivity index (χ1) is 10.0. The number of oxazole rings is 1. The van der Waals surface area contributed by atoms with Gasteiger partial charge in [0.25, 0.3) is 0 Å². The quantitative estimate of drug-likeness (QED) is 0.727. The summed E-state index contributed by atoms with van der Waals surface area (Å²) in [5.74, 6) is 0. The van der Waals surface area contributed by atoms with Crippen molar-refractivity contribution in [3.8, 4) is 10.6 Å². The van der Waals surface area contributed by atoms with E-state index < -0.39 is 12.3 Å². The van der Waals surface area contributed by atoms with Crippen LogP contribution >= 0.6 is 11.3 Å². The Bertz CT molecular complexity index is 752. The van der Waals surface area contributed by atoms with Crippen molar-refractivity contribution in [2.24, 2.45) is 0 Å². The van der Waals surface area contributed by atoms with Crippen molar-refractivity contribution in [3.63, 3.8) is 0 Å². The van der Waals surface area contributed by atoms with Crippen LogP contribution in [0.4, 0.5) is 13.2 Å². The summed E-state index contributed by atoms with van der Waals surface area (Å²) in [6.45, 7) is 0. The maximum absolute atomic E-state index is 13.0. The van der Waals surface area contributed by atoms with E-state index in [1.165, 1.54) is 17.4 Å². The van der Waals surface area contributed by atoms with Gasteiger partial charge in [0.1, 0.15) is 10.5 Å².